The number of carbonyl (C=O) groups is 3. The number of nitrogens with zero attached hydrogens (tertiary/aromatic N) is 1. The number of amides is 3. The number of piperidine rings is 1. The maximum Gasteiger partial charge on any atom is 0.255 e. The maximum absolute atomic E-state index is 12.8. The second kappa shape index (κ2) is 7.78. The van der Waals surface area contributed by atoms with Crippen LogP contribution in [0.25, 0.3) is 0 Å². The molecule has 1 aromatic rings. The topological polar surface area (TPSA) is 105 Å². The summed E-state index contributed by atoms with van der Waals surface area (Å²) >= 11 is 0. The molecule has 4 N–H and O–H groups in total. The van der Waals surface area contributed by atoms with Gasteiger partial charge in [-0.25, -0.2) is 0 Å². The van der Waals surface area contributed by atoms with Crippen LogP contribution in [0.2, 0.25) is 0 Å². The van der Waals surface area contributed by atoms with Gasteiger partial charge >= 0.3 is 0 Å². The second-order valence-corrected chi connectivity index (χ2v) is 8.11. The van der Waals surface area contributed by atoms with Crippen molar-refractivity contribution in [2.75, 3.05) is 6.54 Å². The number of imide groups is 1. The van der Waals surface area contributed by atoms with Crippen LogP contribution in [0.4, 0.5) is 0 Å². The molecular weight excluding hydrogens is 344 g/mol. The van der Waals surface area contributed by atoms with Gasteiger partial charge in [0.25, 0.3) is 5.91 Å². The van der Waals surface area contributed by atoms with Crippen molar-refractivity contribution in [1.82, 2.24) is 15.5 Å². The van der Waals surface area contributed by atoms with E-state index in [1.54, 1.807) is 4.90 Å². The van der Waals surface area contributed by atoms with Crippen LogP contribution >= 0.6 is 0 Å². The number of rotatable bonds is 7. The van der Waals surface area contributed by atoms with Crippen molar-refractivity contribution in [3.63, 3.8) is 0 Å². The molecular formula is C20H28N4O3. The normalized spacial score (nSPS) is 20.0. The van der Waals surface area contributed by atoms with Crippen LogP contribution in [-0.2, 0) is 22.7 Å². The molecule has 146 valence electrons. The van der Waals surface area contributed by atoms with Crippen LogP contribution in [0, 0.1) is 0 Å². The van der Waals surface area contributed by atoms with Crippen molar-refractivity contribution in [1.29, 1.82) is 0 Å². The van der Waals surface area contributed by atoms with E-state index >= 15 is 0 Å². The molecule has 2 aliphatic rings. The van der Waals surface area contributed by atoms with Gasteiger partial charge in [0, 0.05) is 30.6 Å². The van der Waals surface area contributed by atoms with E-state index in [2.05, 4.69) is 10.6 Å². The molecule has 0 spiro atoms. The largest absolute Gasteiger partial charge is 0.326 e. The van der Waals surface area contributed by atoms with Gasteiger partial charge in [-0.05, 0) is 56.8 Å². The first-order valence-corrected chi connectivity index (χ1v) is 9.51. The highest BCUT2D eigenvalue weighted by molar-refractivity contribution is 6.05. The van der Waals surface area contributed by atoms with Gasteiger partial charge < -0.3 is 16.0 Å². The van der Waals surface area contributed by atoms with Crippen molar-refractivity contribution < 1.29 is 14.4 Å². The molecule has 1 atom stereocenters. The van der Waals surface area contributed by atoms with Gasteiger partial charge in [-0.1, -0.05) is 12.1 Å². The van der Waals surface area contributed by atoms with Gasteiger partial charge in [-0.2, -0.15) is 0 Å². The minimum absolute atomic E-state index is 0.133. The smallest absolute Gasteiger partial charge is 0.255 e. The van der Waals surface area contributed by atoms with E-state index in [4.69, 9.17) is 5.73 Å². The van der Waals surface area contributed by atoms with E-state index < -0.39 is 6.04 Å². The van der Waals surface area contributed by atoms with E-state index in [-0.39, 0.29) is 29.7 Å². The number of nitrogens with two attached hydrogens (primary N) is 1. The molecule has 0 bridgehead atoms. The summed E-state index contributed by atoms with van der Waals surface area (Å²) in [5.41, 5.74) is 8.53. The minimum atomic E-state index is -0.574. The lowest BCUT2D eigenvalue weighted by molar-refractivity contribution is -0.136. The molecule has 1 aromatic carbocycles. The second-order valence-electron chi connectivity index (χ2n) is 8.11. The van der Waals surface area contributed by atoms with Crippen molar-refractivity contribution in [2.45, 2.75) is 64.2 Å². The zero-order valence-corrected chi connectivity index (χ0v) is 16.0. The van der Waals surface area contributed by atoms with Crippen molar-refractivity contribution in [3.05, 3.63) is 34.9 Å². The summed E-state index contributed by atoms with van der Waals surface area (Å²) in [7, 11) is 0. The van der Waals surface area contributed by atoms with E-state index in [0.29, 0.717) is 25.1 Å². The zero-order chi connectivity index (χ0) is 19.6. The quantitative estimate of drug-likeness (QED) is 0.490. The maximum atomic E-state index is 12.8. The van der Waals surface area contributed by atoms with Crippen molar-refractivity contribution in [2.24, 2.45) is 5.73 Å². The Kier molecular flexibility index (Phi) is 5.62. The Morgan fingerprint density at radius 1 is 1.30 bits per heavy atom. The summed E-state index contributed by atoms with van der Waals surface area (Å²) < 4.78 is 0. The number of hydrogen-bond acceptors (Lipinski definition) is 5. The zero-order valence-electron chi connectivity index (χ0n) is 16.0. The molecule has 1 fully saturated rings. The number of carbonyl (C=O) groups excluding carboxylic acids is 3. The molecule has 3 amide bonds. The van der Waals surface area contributed by atoms with Gasteiger partial charge in [0.1, 0.15) is 6.04 Å². The Labute approximate surface area is 159 Å². The molecule has 3 rings (SSSR count). The molecule has 1 saturated heterocycles. The fourth-order valence-electron chi connectivity index (χ4n) is 3.71. The van der Waals surface area contributed by atoms with Crippen molar-refractivity contribution >= 4 is 17.7 Å². The lowest BCUT2D eigenvalue weighted by Crippen LogP contribution is -2.52. The predicted octanol–water partition coefficient (Wildman–Crippen LogP) is 1.05. The third kappa shape index (κ3) is 4.54. The Balaban J connectivity index is 1.63. The average molecular weight is 372 g/mol. The highest BCUT2D eigenvalue weighted by Gasteiger charge is 2.39. The van der Waals surface area contributed by atoms with E-state index in [1.807, 2.05) is 32.0 Å². The molecule has 1 unspecified atom stereocenters. The number of hydrogen-bond donors (Lipinski definition) is 3. The third-order valence-electron chi connectivity index (χ3n) is 5.17. The predicted molar refractivity (Wildman–Crippen MR) is 102 cm³/mol. The highest BCUT2D eigenvalue weighted by atomic mass is 16.2. The van der Waals surface area contributed by atoms with Crippen LogP contribution in [0.15, 0.2) is 18.2 Å². The van der Waals surface area contributed by atoms with Gasteiger partial charge in [0.05, 0.1) is 0 Å². The van der Waals surface area contributed by atoms with Crippen LogP contribution in [0.3, 0.4) is 0 Å². The summed E-state index contributed by atoms with van der Waals surface area (Å²) in [5.74, 6) is -0.784. The van der Waals surface area contributed by atoms with Crippen LogP contribution in [-0.4, -0.2) is 40.7 Å². The minimum Gasteiger partial charge on any atom is -0.326 e. The summed E-state index contributed by atoms with van der Waals surface area (Å²) in [5, 5.41) is 5.75. The third-order valence-corrected chi connectivity index (χ3v) is 5.17. The van der Waals surface area contributed by atoms with E-state index in [0.717, 1.165) is 30.5 Å². The Bertz CT molecular complexity index is 754. The standard InChI is InChI=1S/C20H28N4O3/c1-20(2,21)9-4-10-22-11-13-5-3-6-14-15(13)12-24(19(14)27)16-7-8-17(25)23-18(16)26/h3,5-6,16,22H,4,7-12,21H2,1-2H3,(H,23,25,26). The summed E-state index contributed by atoms with van der Waals surface area (Å²) in [4.78, 5) is 37.9. The van der Waals surface area contributed by atoms with E-state index in [9.17, 15) is 14.4 Å². The highest BCUT2D eigenvalue weighted by Crippen LogP contribution is 2.29. The number of benzene rings is 1. The summed E-state index contributed by atoms with van der Waals surface area (Å²) in [6, 6.07) is 5.13. The molecule has 7 nitrogen and oxygen atoms in total. The molecule has 2 aliphatic heterocycles. The van der Waals surface area contributed by atoms with Gasteiger partial charge in [0.15, 0.2) is 0 Å². The molecule has 7 heteroatoms. The van der Waals surface area contributed by atoms with Crippen LogP contribution in [0.5, 0.6) is 0 Å². The van der Waals surface area contributed by atoms with Gasteiger partial charge in [-0.15, -0.1) is 0 Å². The lowest BCUT2D eigenvalue weighted by Gasteiger charge is -2.29. The van der Waals surface area contributed by atoms with Crippen LogP contribution < -0.4 is 16.4 Å². The fourth-order valence-corrected chi connectivity index (χ4v) is 3.71. The Morgan fingerprint density at radius 2 is 2.07 bits per heavy atom. The van der Waals surface area contributed by atoms with Crippen molar-refractivity contribution in [3.8, 4) is 0 Å². The first-order chi connectivity index (χ1) is 12.8. The Morgan fingerprint density at radius 3 is 2.78 bits per heavy atom. The van der Waals surface area contributed by atoms with Crippen LogP contribution in [0.1, 0.15) is 61.0 Å². The first-order valence-electron chi connectivity index (χ1n) is 9.51. The summed E-state index contributed by atoms with van der Waals surface area (Å²) in [6.45, 7) is 5.98. The van der Waals surface area contributed by atoms with Gasteiger partial charge in [-0.3, -0.25) is 19.7 Å². The monoisotopic (exact) mass is 372 g/mol. The number of fused-ring (bicyclic) bond motifs is 1. The molecule has 0 saturated carbocycles. The molecule has 27 heavy (non-hydrogen) atoms. The fraction of sp³-hybridized carbons (Fsp3) is 0.550. The van der Waals surface area contributed by atoms with E-state index in [1.165, 1.54) is 0 Å². The lowest BCUT2D eigenvalue weighted by atomic mass is 10.00. The summed E-state index contributed by atoms with van der Waals surface area (Å²) in [6.07, 6.45) is 2.57. The molecule has 2 heterocycles. The molecule has 0 aromatic heterocycles. The molecule has 0 aliphatic carbocycles. The SMILES string of the molecule is CC(C)(N)CCCNCc1cccc2c1CN(C1CCC(=O)NC1=O)C2=O. The Hall–Kier alpha value is -2.25. The number of nitrogens with one attached hydrogen (secondary N) is 2. The van der Waals surface area contributed by atoms with Gasteiger partial charge in [0.2, 0.25) is 11.8 Å². The molecule has 0 radical (unpaired) electrons. The average Bonchev–Trinajstić information content (AvgIpc) is 2.91. The first kappa shape index (κ1) is 19.5.